The Morgan fingerprint density at radius 1 is 1.28 bits per heavy atom. The average Bonchev–Trinajstić information content (AvgIpc) is 2.26. The summed E-state index contributed by atoms with van der Waals surface area (Å²) in [6.45, 7) is 12.1. The van der Waals surface area contributed by atoms with Crippen LogP contribution in [0.5, 0.6) is 0 Å². The van der Waals surface area contributed by atoms with Crippen LogP contribution in [0.25, 0.3) is 0 Å². The lowest BCUT2D eigenvalue weighted by Crippen LogP contribution is -2.49. The highest BCUT2D eigenvalue weighted by molar-refractivity contribution is 5.72. The molecule has 0 aromatic carbocycles. The van der Waals surface area contributed by atoms with Crippen molar-refractivity contribution in [2.45, 2.75) is 66.0 Å². The molecule has 3 atom stereocenters. The lowest BCUT2D eigenvalue weighted by molar-refractivity contribution is -0.312. The van der Waals surface area contributed by atoms with Gasteiger partial charge in [-0.15, -0.1) is 0 Å². The van der Waals surface area contributed by atoms with E-state index in [1.54, 1.807) is 0 Å². The molecular formula is C14H26O4. The summed E-state index contributed by atoms with van der Waals surface area (Å²) in [7, 11) is 0. The molecule has 0 spiro atoms. The van der Waals surface area contributed by atoms with Gasteiger partial charge in [0.25, 0.3) is 0 Å². The third-order valence-electron chi connectivity index (χ3n) is 3.29. The van der Waals surface area contributed by atoms with Gasteiger partial charge in [-0.25, -0.2) is 0 Å². The third-order valence-corrected chi connectivity index (χ3v) is 3.29. The molecule has 4 nitrogen and oxygen atoms in total. The van der Waals surface area contributed by atoms with E-state index in [-0.39, 0.29) is 24.1 Å². The van der Waals surface area contributed by atoms with Gasteiger partial charge in [0.2, 0.25) is 0 Å². The van der Waals surface area contributed by atoms with Crippen LogP contribution in [0.1, 0.15) is 48.0 Å². The second-order valence-electron chi connectivity index (χ2n) is 5.73. The molecule has 18 heavy (non-hydrogen) atoms. The molecule has 4 heteroatoms. The molecule has 0 aromatic rings. The number of carbonyl (C=O) groups is 1. The van der Waals surface area contributed by atoms with Crippen molar-refractivity contribution < 1.29 is 19.0 Å². The van der Waals surface area contributed by atoms with E-state index >= 15 is 0 Å². The van der Waals surface area contributed by atoms with E-state index in [2.05, 4.69) is 13.8 Å². The van der Waals surface area contributed by atoms with Crippen LogP contribution in [0.2, 0.25) is 0 Å². The SMILES string of the molecule is CCOC(=O)[C@H](C)[C@H]1C[C@@H](C(C)C)OC(C)(C)O1. The van der Waals surface area contributed by atoms with Crippen molar-refractivity contribution in [2.75, 3.05) is 6.61 Å². The minimum atomic E-state index is -0.640. The third kappa shape index (κ3) is 3.95. The first-order valence-electron chi connectivity index (χ1n) is 6.79. The molecule has 1 aliphatic heterocycles. The summed E-state index contributed by atoms with van der Waals surface area (Å²) in [5.41, 5.74) is 0. The molecule has 1 saturated heterocycles. The van der Waals surface area contributed by atoms with Gasteiger partial charge in [-0.1, -0.05) is 13.8 Å². The Morgan fingerprint density at radius 2 is 1.83 bits per heavy atom. The molecule has 106 valence electrons. The number of hydrogen-bond acceptors (Lipinski definition) is 4. The maximum atomic E-state index is 11.8. The van der Waals surface area contributed by atoms with Crippen molar-refractivity contribution in [3.63, 3.8) is 0 Å². The lowest BCUT2D eigenvalue weighted by atomic mass is 9.92. The summed E-state index contributed by atoms with van der Waals surface area (Å²) >= 11 is 0. The Kier molecular flexibility index (Phi) is 5.17. The molecule has 1 aliphatic rings. The molecule has 0 amide bonds. The molecule has 1 rings (SSSR count). The number of esters is 1. The fraction of sp³-hybridized carbons (Fsp3) is 0.929. The number of ether oxygens (including phenoxy) is 3. The molecule has 0 aliphatic carbocycles. The van der Waals surface area contributed by atoms with Crippen LogP contribution in [-0.4, -0.2) is 30.6 Å². The molecular weight excluding hydrogens is 232 g/mol. The van der Waals surface area contributed by atoms with Crippen LogP contribution in [0.15, 0.2) is 0 Å². The van der Waals surface area contributed by atoms with Crippen molar-refractivity contribution in [1.29, 1.82) is 0 Å². The molecule has 1 fully saturated rings. The topological polar surface area (TPSA) is 44.8 Å². The predicted molar refractivity (Wildman–Crippen MR) is 69.1 cm³/mol. The first-order valence-corrected chi connectivity index (χ1v) is 6.79. The minimum Gasteiger partial charge on any atom is -0.466 e. The number of carbonyl (C=O) groups excluding carboxylic acids is 1. The van der Waals surface area contributed by atoms with Crippen LogP contribution in [-0.2, 0) is 19.0 Å². The fourth-order valence-electron chi connectivity index (χ4n) is 2.22. The Morgan fingerprint density at radius 3 is 2.33 bits per heavy atom. The molecule has 0 saturated carbocycles. The lowest BCUT2D eigenvalue weighted by Gasteiger charge is -2.43. The zero-order valence-corrected chi connectivity index (χ0v) is 12.4. The van der Waals surface area contributed by atoms with E-state index < -0.39 is 5.79 Å². The maximum Gasteiger partial charge on any atom is 0.311 e. The van der Waals surface area contributed by atoms with E-state index in [0.717, 1.165) is 6.42 Å². The van der Waals surface area contributed by atoms with Gasteiger partial charge in [0.15, 0.2) is 5.79 Å². The van der Waals surface area contributed by atoms with Gasteiger partial charge in [0.05, 0.1) is 24.7 Å². The van der Waals surface area contributed by atoms with E-state index in [1.165, 1.54) is 0 Å². The molecule has 1 heterocycles. The van der Waals surface area contributed by atoms with Crippen LogP contribution in [0.4, 0.5) is 0 Å². The predicted octanol–water partition coefficient (Wildman–Crippen LogP) is 2.75. The summed E-state index contributed by atoms with van der Waals surface area (Å²) in [4.78, 5) is 11.8. The largest absolute Gasteiger partial charge is 0.466 e. The molecule has 0 bridgehead atoms. The van der Waals surface area contributed by atoms with E-state index in [4.69, 9.17) is 14.2 Å². The molecule has 0 unspecified atom stereocenters. The second-order valence-corrected chi connectivity index (χ2v) is 5.73. The standard InChI is InChI=1S/C14H26O4/c1-7-16-13(15)10(4)12-8-11(9(2)3)17-14(5,6)18-12/h9-12H,7-8H2,1-6H3/t10-,11+,12-/m1/s1. The van der Waals surface area contributed by atoms with Gasteiger partial charge in [-0.3, -0.25) is 4.79 Å². The van der Waals surface area contributed by atoms with Crippen LogP contribution in [0, 0.1) is 11.8 Å². The van der Waals surface area contributed by atoms with Crippen molar-refractivity contribution in [1.82, 2.24) is 0 Å². The van der Waals surface area contributed by atoms with Gasteiger partial charge in [-0.2, -0.15) is 0 Å². The summed E-state index contributed by atoms with van der Waals surface area (Å²) in [5.74, 6) is -0.680. The quantitative estimate of drug-likeness (QED) is 0.727. The minimum absolute atomic E-state index is 0.121. The first kappa shape index (κ1) is 15.4. The highest BCUT2D eigenvalue weighted by Gasteiger charge is 2.41. The Hall–Kier alpha value is -0.610. The van der Waals surface area contributed by atoms with Crippen LogP contribution < -0.4 is 0 Å². The van der Waals surface area contributed by atoms with Gasteiger partial charge in [0, 0.05) is 6.42 Å². The maximum absolute atomic E-state index is 11.8. The molecule has 0 aromatic heterocycles. The Balaban J connectivity index is 2.72. The van der Waals surface area contributed by atoms with Crippen LogP contribution >= 0.6 is 0 Å². The smallest absolute Gasteiger partial charge is 0.311 e. The van der Waals surface area contributed by atoms with E-state index in [9.17, 15) is 4.79 Å². The van der Waals surface area contributed by atoms with Gasteiger partial charge in [0.1, 0.15) is 0 Å². The second kappa shape index (κ2) is 6.02. The van der Waals surface area contributed by atoms with Crippen molar-refractivity contribution in [3.8, 4) is 0 Å². The average molecular weight is 258 g/mol. The van der Waals surface area contributed by atoms with Crippen molar-refractivity contribution >= 4 is 5.97 Å². The first-order chi connectivity index (χ1) is 8.26. The Bertz CT molecular complexity index is 286. The zero-order valence-electron chi connectivity index (χ0n) is 12.4. The Labute approximate surface area is 110 Å². The highest BCUT2D eigenvalue weighted by atomic mass is 16.7. The number of rotatable bonds is 4. The molecule has 0 N–H and O–H groups in total. The van der Waals surface area contributed by atoms with Crippen molar-refractivity contribution in [2.24, 2.45) is 11.8 Å². The summed E-state index contributed by atoms with van der Waals surface area (Å²) in [5, 5.41) is 0. The normalized spacial score (nSPS) is 29.1. The van der Waals surface area contributed by atoms with E-state index in [1.807, 2.05) is 27.7 Å². The van der Waals surface area contributed by atoms with Gasteiger partial charge < -0.3 is 14.2 Å². The van der Waals surface area contributed by atoms with Gasteiger partial charge in [-0.05, 0) is 33.6 Å². The summed E-state index contributed by atoms with van der Waals surface area (Å²) < 4.78 is 16.8. The highest BCUT2D eigenvalue weighted by Crippen LogP contribution is 2.33. The number of hydrogen-bond donors (Lipinski definition) is 0. The fourth-order valence-corrected chi connectivity index (χ4v) is 2.22. The van der Waals surface area contributed by atoms with Crippen molar-refractivity contribution in [3.05, 3.63) is 0 Å². The monoisotopic (exact) mass is 258 g/mol. The van der Waals surface area contributed by atoms with Crippen LogP contribution in [0.3, 0.4) is 0 Å². The molecule has 0 radical (unpaired) electrons. The zero-order chi connectivity index (χ0) is 13.9. The summed E-state index contributed by atoms with van der Waals surface area (Å²) in [6.07, 6.45) is 0.719. The van der Waals surface area contributed by atoms with Gasteiger partial charge >= 0.3 is 5.97 Å². The summed E-state index contributed by atoms with van der Waals surface area (Å²) in [6, 6.07) is 0. The van der Waals surface area contributed by atoms with E-state index in [0.29, 0.717) is 12.5 Å².